The molecule has 91 heavy (non-hydrogen) atoms. The van der Waals surface area contributed by atoms with Gasteiger partial charge in [-0.1, -0.05) is 312 Å². The van der Waals surface area contributed by atoms with Gasteiger partial charge in [-0.2, -0.15) is 0 Å². The smallest absolute Gasteiger partial charge is 0.462 e. The van der Waals surface area contributed by atoms with Crippen molar-refractivity contribution in [3.63, 3.8) is 0 Å². The molecule has 3 N–H and O–H groups in total. The van der Waals surface area contributed by atoms with Crippen molar-refractivity contribution in [2.24, 2.45) is 17.8 Å². The molecule has 0 aliphatic heterocycles. The Balaban J connectivity index is 5.27. The van der Waals surface area contributed by atoms with Crippen LogP contribution in [0.4, 0.5) is 0 Å². The fourth-order valence-electron chi connectivity index (χ4n) is 10.9. The fourth-order valence-corrected chi connectivity index (χ4v) is 12.4. The molecular weight excluding hydrogens is 1200 g/mol. The van der Waals surface area contributed by atoms with E-state index in [4.69, 9.17) is 37.0 Å². The van der Waals surface area contributed by atoms with Gasteiger partial charge in [-0.3, -0.25) is 37.3 Å². The topological polar surface area (TPSA) is 237 Å². The molecule has 0 radical (unpaired) electrons. The minimum Gasteiger partial charge on any atom is -0.462 e. The molecule has 0 aromatic rings. The van der Waals surface area contributed by atoms with Crippen LogP contribution in [-0.4, -0.2) is 96.7 Å². The lowest BCUT2D eigenvalue weighted by molar-refractivity contribution is -0.161. The Hall–Kier alpha value is -1.94. The summed E-state index contributed by atoms with van der Waals surface area (Å²) in [6.45, 7) is 11.9. The second-order valence-corrected chi connectivity index (χ2v) is 30.1. The summed E-state index contributed by atoms with van der Waals surface area (Å²) in [6, 6.07) is 0. The van der Waals surface area contributed by atoms with E-state index in [1.807, 2.05) is 0 Å². The van der Waals surface area contributed by atoms with Crippen LogP contribution in [-0.2, 0) is 65.4 Å². The summed E-state index contributed by atoms with van der Waals surface area (Å²) in [4.78, 5) is 72.7. The van der Waals surface area contributed by atoms with Crippen LogP contribution >= 0.6 is 15.6 Å². The van der Waals surface area contributed by atoms with Gasteiger partial charge in [0.1, 0.15) is 19.3 Å². The highest BCUT2D eigenvalue weighted by molar-refractivity contribution is 7.47. The maximum atomic E-state index is 13.0. The molecule has 0 saturated carbocycles. The van der Waals surface area contributed by atoms with E-state index in [1.54, 1.807) is 0 Å². The van der Waals surface area contributed by atoms with Gasteiger partial charge in [-0.15, -0.1) is 0 Å². The monoisotopic (exact) mass is 1340 g/mol. The first-order chi connectivity index (χ1) is 43.8. The second kappa shape index (κ2) is 62.8. The number of carbonyl (C=O) groups is 4. The maximum absolute atomic E-state index is 13.0. The van der Waals surface area contributed by atoms with E-state index >= 15 is 0 Å². The number of hydrogen-bond acceptors (Lipinski definition) is 15. The molecule has 0 bridgehead atoms. The Morgan fingerprint density at radius 1 is 0.319 bits per heavy atom. The van der Waals surface area contributed by atoms with E-state index in [2.05, 4.69) is 48.5 Å². The van der Waals surface area contributed by atoms with Gasteiger partial charge in [0.15, 0.2) is 12.2 Å². The van der Waals surface area contributed by atoms with E-state index in [0.29, 0.717) is 25.7 Å². The van der Waals surface area contributed by atoms with Crippen LogP contribution < -0.4 is 0 Å². The second-order valence-electron chi connectivity index (χ2n) is 27.2. The predicted molar refractivity (Wildman–Crippen MR) is 368 cm³/mol. The number of ether oxygens (including phenoxy) is 4. The molecule has 0 aliphatic carbocycles. The molecule has 0 saturated heterocycles. The van der Waals surface area contributed by atoms with Crippen molar-refractivity contribution >= 4 is 39.5 Å². The Labute approximate surface area is 556 Å². The number of aliphatic hydroxyl groups excluding tert-OH is 1. The highest BCUT2D eigenvalue weighted by atomic mass is 31.2. The number of unbranched alkanes of at least 4 members (excludes halogenated alkanes) is 37. The fraction of sp³-hybridized carbons (Fsp3) is 0.944. The SMILES string of the molecule is CCCCCCCCCCCCCCC(=O)OC[C@H](COP(=O)(O)OC[C@H](O)COP(=O)(O)OC[C@@H](COC(=O)CCCCCCCCCCCCC(C)C)OC(=O)CCCCCCCCCCCCC(C)CC)OC(=O)CCCCCCCCCCCC(C)C. The summed E-state index contributed by atoms with van der Waals surface area (Å²) < 4.78 is 68.4. The third-order valence-electron chi connectivity index (χ3n) is 17.0. The molecule has 0 aromatic carbocycles. The molecular formula is C72H140O17P2. The largest absolute Gasteiger partial charge is 0.472 e. The van der Waals surface area contributed by atoms with Gasteiger partial charge in [0.2, 0.25) is 0 Å². The van der Waals surface area contributed by atoms with Crippen LogP contribution in [0, 0.1) is 17.8 Å². The van der Waals surface area contributed by atoms with Gasteiger partial charge in [0, 0.05) is 25.7 Å². The molecule has 0 fully saturated rings. The minimum absolute atomic E-state index is 0.105. The number of phosphoric acid groups is 2. The zero-order valence-electron chi connectivity index (χ0n) is 59.3. The van der Waals surface area contributed by atoms with Crippen molar-refractivity contribution in [3.05, 3.63) is 0 Å². The molecule has 17 nitrogen and oxygen atoms in total. The van der Waals surface area contributed by atoms with Gasteiger partial charge in [0.25, 0.3) is 0 Å². The highest BCUT2D eigenvalue weighted by Crippen LogP contribution is 2.45. The average Bonchev–Trinajstić information content (AvgIpc) is 3.62. The Bertz CT molecular complexity index is 1790. The van der Waals surface area contributed by atoms with E-state index < -0.39 is 97.5 Å². The Kier molecular flexibility index (Phi) is 61.5. The summed E-state index contributed by atoms with van der Waals surface area (Å²) in [5, 5.41) is 10.6. The number of esters is 4. The van der Waals surface area contributed by atoms with Crippen LogP contribution in [0.1, 0.15) is 363 Å². The van der Waals surface area contributed by atoms with Crippen LogP contribution in [0.2, 0.25) is 0 Å². The van der Waals surface area contributed by atoms with Gasteiger partial charge >= 0.3 is 39.5 Å². The molecule has 19 heteroatoms. The van der Waals surface area contributed by atoms with Gasteiger partial charge in [0.05, 0.1) is 26.4 Å². The van der Waals surface area contributed by atoms with Crippen molar-refractivity contribution in [3.8, 4) is 0 Å². The average molecular weight is 1340 g/mol. The number of aliphatic hydroxyl groups is 1. The van der Waals surface area contributed by atoms with Crippen molar-refractivity contribution in [1.29, 1.82) is 0 Å². The van der Waals surface area contributed by atoms with E-state index in [0.717, 1.165) is 108 Å². The zero-order valence-corrected chi connectivity index (χ0v) is 61.1. The normalized spacial score (nSPS) is 14.5. The molecule has 0 amide bonds. The van der Waals surface area contributed by atoms with Crippen LogP contribution in [0.3, 0.4) is 0 Å². The molecule has 540 valence electrons. The summed E-state index contributed by atoms with van der Waals surface area (Å²) >= 11 is 0. The number of rotatable bonds is 70. The minimum atomic E-state index is -4.95. The molecule has 0 spiro atoms. The standard InChI is InChI=1S/C72H140O17P2/c1-8-10-11-12-13-14-15-16-25-32-39-46-53-69(74)82-60-68(89-72(77)56-49-42-35-28-21-23-30-37-44-51-64(5)6)62-87-91(80,81)85-58-66(73)57-84-90(78,79)86-61-67(59-83-70(75)54-47-40-33-26-19-17-22-29-36-43-50-63(3)4)88-71(76)55-48-41-34-27-20-18-24-31-38-45-52-65(7)9-2/h63-68,73H,8-62H2,1-7H3,(H,78,79)(H,80,81)/t65?,66-,67-,68-/m1/s1. The summed E-state index contributed by atoms with van der Waals surface area (Å²) in [6.07, 6.45) is 47.0. The number of carbonyl (C=O) groups excluding carboxylic acids is 4. The lowest BCUT2D eigenvalue weighted by atomic mass is 9.99. The van der Waals surface area contributed by atoms with Crippen LogP contribution in [0.15, 0.2) is 0 Å². The van der Waals surface area contributed by atoms with Crippen molar-refractivity contribution in [1.82, 2.24) is 0 Å². The Morgan fingerprint density at radius 3 is 0.835 bits per heavy atom. The lowest BCUT2D eigenvalue weighted by Crippen LogP contribution is -2.30. The van der Waals surface area contributed by atoms with Crippen LogP contribution in [0.5, 0.6) is 0 Å². The van der Waals surface area contributed by atoms with Gasteiger partial charge < -0.3 is 33.8 Å². The van der Waals surface area contributed by atoms with Crippen molar-refractivity contribution in [2.45, 2.75) is 381 Å². The van der Waals surface area contributed by atoms with Crippen molar-refractivity contribution in [2.75, 3.05) is 39.6 Å². The molecule has 0 aromatic heterocycles. The summed E-state index contributed by atoms with van der Waals surface area (Å²) in [5.74, 6) is 0.175. The van der Waals surface area contributed by atoms with Gasteiger partial charge in [-0.05, 0) is 43.4 Å². The van der Waals surface area contributed by atoms with Crippen molar-refractivity contribution < 1.29 is 80.2 Å². The third kappa shape index (κ3) is 65.1. The maximum Gasteiger partial charge on any atom is 0.472 e. The highest BCUT2D eigenvalue weighted by Gasteiger charge is 2.30. The summed E-state index contributed by atoms with van der Waals surface area (Å²) in [7, 11) is -9.91. The zero-order chi connectivity index (χ0) is 67.3. The predicted octanol–water partition coefficient (Wildman–Crippen LogP) is 20.6. The van der Waals surface area contributed by atoms with Gasteiger partial charge in [-0.25, -0.2) is 9.13 Å². The quantitative estimate of drug-likeness (QED) is 0.0222. The molecule has 0 aliphatic rings. The van der Waals surface area contributed by atoms with E-state index in [-0.39, 0.29) is 25.7 Å². The lowest BCUT2D eigenvalue weighted by Gasteiger charge is -2.21. The molecule has 0 heterocycles. The molecule has 3 unspecified atom stereocenters. The first kappa shape index (κ1) is 89.1. The Morgan fingerprint density at radius 2 is 0.560 bits per heavy atom. The van der Waals surface area contributed by atoms with E-state index in [1.165, 1.54) is 173 Å². The third-order valence-corrected chi connectivity index (χ3v) is 18.9. The first-order valence-corrected chi connectivity index (χ1v) is 40.4. The molecule has 6 atom stereocenters. The molecule has 0 rings (SSSR count). The van der Waals surface area contributed by atoms with E-state index in [9.17, 15) is 43.2 Å². The summed E-state index contributed by atoms with van der Waals surface area (Å²) in [5.41, 5.74) is 0. The number of phosphoric ester groups is 2. The first-order valence-electron chi connectivity index (χ1n) is 37.4. The number of hydrogen-bond donors (Lipinski definition) is 3. The van der Waals surface area contributed by atoms with Crippen LogP contribution in [0.25, 0.3) is 0 Å².